The summed E-state index contributed by atoms with van der Waals surface area (Å²) in [7, 11) is 0. The molecular weight excluding hydrogens is 510 g/mol. The van der Waals surface area contributed by atoms with E-state index in [9.17, 15) is 14.4 Å². The lowest BCUT2D eigenvalue weighted by molar-refractivity contribution is -0.131. The molecule has 0 aromatic heterocycles. The fourth-order valence-electron chi connectivity index (χ4n) is 4.65. The largest absolute Gasteiger partial charge is 0.444 e. The Kier molecular flexibility index (Phi) is 12.6. The fraction of sp³-hybridized carbons (Fsp3) is 0.679. The van der Waals surface area contributed by atoms with Gasteiger partial charge in [-0.2, -0.15) is 11.8 Å². The van der Waals surface area contributed by atoms with Gasteiger partial charge >= 0.3 is 6.09 Å². The van der Waals surface area contributed by atoms with Crippen molar-refractivity contribution >= 4 is 41.3 Å². The SMILES string of the molecule is CSCC[C@H](NC(=O)OC(C)(C)C)C(=O)N[C@@H](CC(C)C)C(=O)N[C@@H]1CCCC[C@H]1c1cccc(Cl)c1. The number of thioether (sulfide) groups is 1. The highest BCUT2D eigenvalue weighted by Gasteiger charge is 2.32. The van der Waals surface area contributed by atoms with Crippen molar-refractivity contribution in [2.24, 2.45) is 5.92 Å². The second-order valence-corrected chi connectivity index (χ2v) is 12.7. The first-order valence-electron chi connectivity index (χ1n) is 13.2. The highest BCUT2D eigenvalue weighted by molar-refractivity contribution is 7.98. The zero-order valence-corrected chi connectivity index (χ0v) is 24.6. The number of alkyl carbamates (subject to hydrolysis) is 1. The van der Waals surface area contributed by atoms with Crippen LogP contribution in [0.15, 0.2) is 24.3 Å². The van der Waals surface area contributed by atoms with Gasteiger partial charge in [-0.15, -0.1) is 0 Å². The van der Waals surface area contributed by atoms with Gasteiger partial charge in [-0.05, 0) is 82.1 Å². The molecule has 1 aliphatic rings. The van der Waals surface area contributed by atoms with Gasteiger partial charge in [0.15, 0.2) is 0 Å². The first-order chi connectivity index (χ1) is 17.4. The van der Waals surface area contributed by atoms with Gasteiger partial charge in [-0.3, -0.25) is 9.59 Å². The number of hydrogen-bond donors (Lipinski definition) is 3. The van der Waals surface area contributed by atoms with Gasteiger partial charge in [0.25, 0.3) is 0 Å². The number of ether oxygens (including phenoxy) is 1. The van der Waals surface area contributed by atoms with E-state index in [1.807, 2.05) is 38.3 Å². The Morgan fingerprint density at radius 1 is 1.08 bits per heavy atom. The lowest BCUT2D eigenvalue weighted by Gasteiger charge is -2.34. The zero-order chi connectivity index (χ0) is 27.6. The average molecular weight is 554 g/mol. The molecule has 3 N–H and O–H groups in total. The molecule has 9 heteroatoms. The number of halogens is 1. The van der Waals surface area contributed by atoms with Crippen molar-refractivity contribution in [3.05, 3.63) is 34.9 Å². The van der Waals surface area contributed by atoms with Crippen LogP contribution < -0.4 is 16.0 Å². The predicted octanol–water partition coefficient (Wildman–Crippen LogP) is 5.66. The zero-order valence-electron chi connectivity index (χ0n) is 23.1. The maximum Gasteiger partial charge on any atom is 0.408 e. The summed E-state index contributed by atoms with van der Waals surface area (Å²) in [4.78, 5) is 39.2. The van der Waals surface area contributed by atoms with Crippen LogP contribution in [0.5, 0.6) is 0 Å². The van der Waals surface area contributed by atoms with Crippen molar-refractivity contribution in [2.45, 2.75) is 103 Å². The first-order valence-corrected chi connectivity index (χ1v) is 15.0. The van der Waals surface area contributed by atoms with Crippen molar-refractivity contribution in [1.29, 1.82) is 0 Å². The van der Waals surface area contributed by atoms with Gasteiger partial charge in [-0.25, -0.2) is 4.79 Å². The van der Waals surface area contributed by atoms with Crippen LogP contribution in [0, 0.1) is 5.92 Å². The van der Waals surface area contributed by atoms with E-state index in [1.54, 1.807) is 32.5 Å². The number of rotatable bonds is 11. The normalized spacial score (nSPS) is 19.6. The van der Waals surface area contributed by atoms with Gasteiger partial charge in [-0.1, -0.05) is 50.4 Å². The molecule has 0 bridgehead atoms. The van der Waals surface area contributed by atoms with E-state index in [0.717, 1.165) is 31.2 Å². The maximum atomic E-state index is 13.5. The second-order valence-electron chi connectivity index (χ2n) is 11.2. The van der Waals surface area contributed by atoms with Gasteiger partial charge in [0, 0.05) is 17.0 Å². The van der Waals surface area contributed by atoms with E-state index in [4.69, 9.17) is 16.3 Å². The summed E-state index contributed by atoms with van der Waals surface area (Å²) < 4.78 is 5.35. The molecule has 1 aliphatic carbocycles. The molecule has 37 heavy (non-hydrogen) atoms. The molecule has 0 aliphatic heterocycles. The van der Waals surface area contributed by atoms with Crippen molar-refractivity contribution < 1.29 is 19.1 Å². The molecule has 1 saturated carbocycles. The molecule has 1 fully saturated rings. The Morgan fingerprint density at radius 3 is 2.41 bits per heavy atom. The minimum absolute atomic E-state index is 0.0292. The molecule has 208 valence electrons. The van der Waals surface area contributed by atoms with Crippen LogP contribution in [0.2, 0.25) is 5.02 Å². The molecule has 0 heterocycles. The third-order valence-electron chi connectivity index (χ3n) is 6.33. The first kappa shape index (κ1) is 31.3. The van der Waals surface area contributed by atoms with Crippen LogP contribution >= 0.6 is 23.4 Å². The number of carbonyl (C=O) groups is 3. The lowest BCUT2D eigenvalue weighted by atomic mass is 9.80. The summed E-state index contributed by atoms with van der Waals surface area (Å²) in [5.74, 6) is 0.473. The third-order valence-corrected chi connectivity index (χ3v) is 7.21. The Hall–Kier alpha value is -1.93. The minimum atomic E-state index is -0.793. The lowest BCUT2D eigenvalue weighted by Crippen LogP contribution is -2.56. The van der Waals surface area contributed by atoms with Crippen molar-refractivity contribution in [3.63, 3.8) is 0 Å². The number of amides is 3. The Bertz CT molecular complexity index is 906. The van der Waals surface area contributed by atoms with Crippen molar-refractivity contribution in [2.75, 3.05) is 12.0 Å². The molecule has 0 radical (unpaired) electrons. The molecule has 0 unspecified atom stereocenters. The number of hydrogen-bond acceptors (Lipinski definition) is 5. The van der Waals surface area contributed by atoms with Gasteiger partial charge in [0.05, 0.1) is 0 Å². The molecule has 4 atom stereocenters. The quantitative estimate of drug-likeness (QED) is 0.328. The van der Waals surface area contributed by atoms with Crippen LogP contribution in [0.25, 0.3) is 0 Å². The van der Waals surface area contributed by atoms with Crippen LogP contribution in [0.4, 0.5) is 4.79 Å². The van der Waals surface area contributed by atoms with E-state index in [2.05, 4.69) is 22.0 Å². The van der Waals surface area contributed by atoms with Gasteiger partial charge in [0.2, 0.25) is 11.8 Å². The van der Waals surface area contributed by atoms with E-state index in [1.165, 1.54) is 0 Å². The topological polar surface area (TPSA) is 96.5 Å². The van der Waals surface area contributed by atoms with Crippen molar-refractivity contribution in [3.8, 4) is 0 Å². The van der Waals surface area contributed by atoms with Crippen LogP contribution in [-0.4, -0.2) is 53.6 Å². The number of benzene rings is 1. The fourth-order valence-corrected chi connectivity index (χ4v) is 5.32. The average Bonchev–Trinajstić information content (AvgIpc) is 2.80. The summed E-state index contributed by atoms with van der Waals surface area (Å²) in [6, 6.07) is 6.31. The standard InChI is InChI=1S/C28H44ClN3O4S/c1-18(2)16-24(31-25(33)23(14-15-37-6)32-27(35)36-28(3,4)5)26(34)30-22-13-8-7-12-21(22)19-10-9-11-20(29)17-19/h9-11,17-18,21-24H,7-8,12-16H2,1-6H3,(H,30,34)(H,31,33)(H,32,35)/t21-,22+,23-,24-/m0/s1. The van der Waals surface area contributed by atoms with E-state index < -0.39 is 23.8 Å². The maximum absolute atomic E-state index is 13.5. The number of carbonyl (C=O) groups excluding carboxylic acids is 3. The summed E-state index contributed by atoms with van der Waals surface area (Å²) in [5, 5.41) is 9.54. The Labute approximate surface area is 231 Å². The highest BCUT2D eigenvalue weighted by atomic mass is 35.5. The minimum Gasteiger partial charge on any atom is -0.444 e. The molecular formula is C28H44ClN3O4S. The molecule has 1 aromatic carbocycles. The Balaban J connectivity index is 2.14. The van der Waals surface area contributed by atoms with E-state index in [-0.39, 0.29) is 29.7 Å². The van der Waals surface area contributed by atoms with E-state index in [0.29, 0.717) is 23.6 Å². The van der Waals surface area contributed by atoms with Crippen LogP contribution in [-0.2, 0) is 14.3 Å². The van der Waals surface area contributed by atoms with Gasteiger partial charge in [0.1, 0.15) is 17.7 Å². The Morgan fingerprint density at radius 2 is 1.78 bits per heavy atom. The third kappa shape index (κ3) is 11.1. The monoisotopic (exact) mass is 553 g/mol. The summed E-state index contributed by atoms with van der Waals surface area (Å²) in [6.45, 7) is 9.36. The molecule has 3 amide bonds. The van der Waals surface area contributed by atoms with Crippen molar-refractivity contribution in [1.82, 2.24) is 16.0 Å². The van der Waals surface area contributed by atoms with Crippen LogP contribution in [0.1, 0.15) is 84.6 Å². The highest BCUT2D eigenvalue weighted by Crippen LogP contribution is 2.34. The summed E-state index contributed by atoms with van der Waals surface area (Å²) in [6.07, 6.45) is 6.21. The molecule has 2 rings (SSSR count). The van der Waals surface area contributed by atoms with Crippen LogP contribution in [0.3, 0.4) is 0 Å². The molecule has 1 aromatic rings. The molecule has 0 saturated heterocycles. The molecule has 7 nitrogen and oxygen atoms in total. The second kappa shape index (κ2) is 14.9. The smallest absolute Gasteiger partial charge is 0.408 e. The van der Waals surface area contributed by atoms with Gasteiger partial charge < -0.3 is 20.7 Å². The molecule has 0 spiro atoms. The predicted molar refractivity (Wildman–Crippen MR) is 152 cm³/mol. The summed E-state index contributed by atoms with van der Waals surface area (Å²) >= 11 is 7.83. The number of nitrogens with one attached hydrogen (secondary N) is 3. The van der Waals surface area contributed by atoms with E-state index >= 15 is 0 Å². The summed E-state index contributed by atoms with van der Waals surface area (Å²) in [5.41, 5.74) is 0.449.